The normalized spacial score (nSPS) is 23.8. The SMILES string of the molecule is Cl.O=C(Nc1cccc(OCC2CCCO2)c1)C1CNCCO1. The van der Waals surface area contributed by atoms with Crippen LogP contribution in [0.15, 0.2) is 24.3 Å². The van der Waals surface area contributed by atoms with Crippen molar-refractivity contribution in [2.75, 3.05) is 38.2 Å². The van der Waals surface area contributed by atoms with Gasteiger partial charge in [-0.05, 0) is 25.0 Å². The van der Waals surface area contributed by atoms with Crippen LogP contribution in [0.25, 0.3) is 0 Å². The first-order valence-electron chi connectivity index (χ1n) is 7.79. The maximum absolute atomic E-state index is 12.1. The van der Waals surface area contributed by atoms with Crippen LogP contribution >= 0.6 is 12.4 Å². The number of ether oxygens (including phenoxy) is 3. The van der Waals surface area contributed by atoms with Crippen molar-refractivity contribution in [2.45, 2.75) is 25.0 Å². The highest BCUT2D eigenvalue weighted by Gasteiger charge is 2.22. The predicted octanol–water partition coefficient (Wildman–Crippen LogP) is 1.59. The predicted molar refractivity (Wildman–Crippen MR) is 89.4 cm³/mol. The second-order valence-electron chi connectivity index (χ2n) is 5.53. The van der Waals surface area contributed by atoms with Gasteiger partial charge in [0.2, 0.25) is 0 Å². The van der Waals surface area contributed by atoms with E-state index in [1.165, 1.54) is 0 Å². The number of anilines is 1. The lowest BCUT2D eigenvalue weighted by atomic mass is 10.2. The topological polar surface area (TPSA) is 68.8 Å². The first kappa shape index (κ1) is 18.0. The van der Waals surface area contributed by atoms with E-state index in [1.54, 1.807) is 0 Å². The first-order chi connectivity index (χ1) is 10.8. The van der Waals surface area contributed by atoms with Crippen molar-refractivity contribution >= 4 is 24.0 Å². The average Bonchev–Trinajstić information content (AvgIpc) is 3.08. The van der Waals surface area contributed by atoms with Crippen molar-refractivity contribution in [3.05, 3.63) is 24.3 Å². The Morgan fingerprint density at radius 2 is 2.26 bits per heavy atom. The van der Waals surface area contributed by atoms with E-state index in [-0.39, 0.29) is 24.4 Å². The van der Waals surface area contributed by atoms with Crippen LogP contribution in [0, 0.1) is 0 Å². The third kappa shape index (κ3) is 5.35. The zero-order chi connectivity index (χ0) is 15.2. The van der Waals surface area contributed by atoms with Crippen LogP contribution < -0.4 is 15.4 Å². The van der Waals surface area contributed by atoms with Gasteiger partial charge in [-0.25, -0.2) is 0 Å². The van der Waals surface area contributed by atoms with E-state index in [0.717, 1.165) is 31.7 Å². The van der Waals surface area contributed by atoms with Gasteiger partial charge in [-0.15, -0.1) is 12.4 Å². The quantitative estimate of drug-likeness (QED) is 0.850. The van der Waals surface area contributed by atoms with E-state index in [2.05, 4.69) is 10.6 Å². The third-order valence-electron chi connectivity index (χ3n) is 3.78. The number of amides is 1. The maximum Gasteiger partial charge on any atom is 0.254 e. The molecule has 3 rings (SSSR count). The fraction of sp³-hybridized carbons (Fsp3) is 0.562. The second-order valence-corrected chi connectivity index (χ2v) is 5.53. The summed E-state index contributed by atoms with van der Waals surface area (Å²) in [7, 11) is 0. The molecule has 2 fully saturated rings. The Balaban J connectivity index is 0.00000192. The number of rotatable bonds is 5. The molecule has 2 unspecified atom stereocenters. The van der Waals surface area contributed by atoms with Crippen LogP contribution in [0.3, 0.4) is 0 Å². The Labute approximate surface area is 142 Å². The maximum atomic E-state index is 12.1. The average molecular weight is 343 g/mol. The summed E-state index contributed by atoms with van der Waals surface area (Å²) in [4.78, 5) is 12.1. The summed E-state index contributed by atoms with van der Waals surface area (Å²) >= 11 is 0. The highest BCUT2D eigenvalue weighted by molar-refractivity contribution is 5.94. The van der Waals surface area contributed by atoms with Gasteiger partial charge in [0, 0.05) is 31.5 Å². The van der Waals surface area contributed by atoms with Crippen LogP contribution in [0.2, 0.25) is 0 Å². The molecule has 23 heavy (non-hydrogen) atoms. The summed E-state index contributed by atoms with van der Waals surface area (Å²) in [6.07, 6.45) is 1.88. The lowest BCUT2D eigenvalue weighted by molar-refractivity contribution is -0.128. The number of morpholine rings is 1. The molecule has 0 aliphatic carbocycles. The molecule has 2 N–H and O–H groups in total. The van der Waals surface area contributed by atoms with Gasteiger partial charge in [0.15, 0.2) is 0 Å². The Kier molecular flexibility index (Phi) is 7.11. The lowest BCUT2D eigenvalue weighted by Crippen LogP contribution is -2.45. The molecule has 6 nitrogen and oxygen atoms in total. The number of hydrogen-bond donors (Lipinski definition) is 2. The molecule has 0 spiro atoms. The van der Waals surface area contributed by atoms with Crippen molar-refractivity contribution in [2.24, 2.45) is 0 Å². The van der Waals surface area contributed by atoms with E-state index in [1.807, 2.05) is 24.3 Å². The van der Waals surface area contributed by atoms with Gasteiger partial charge < -0.3 is 24.8 Å². The highest BCUT2D eigenvalue weighted by atomic mass is 35.5. The molecule has 128 valence electrons. The first-order valence-corrected chi connectivity index (χ1v) is 7.79. The van der Waals surface area contributed by atoms with Crippen molar-refractivity contribution in [3.8, 4) is 5.75 Å². The van der Waals surface area contributed by atoms with E-state index in [0.29, 0.717) is 25.4 Å². The van der Waals surface area contributed by atoms with Crippen molar-refractivity contribution in [3.63, 3.8) is 0 Å². The number of carbonyl (C=O) groups is 1. The highest BCUT2D eigenvalue weighted by Crippen LogP contribution is 2.20. The molecule has 1 aromatic rings. The fourth-order valence-electron chi connectivity index (χ4n) is 2.59. The fourth-order valence-corrected chi connectivity index (χ4v) is 2.59. The van der Waals surface area contributed by atoms with Crippen molar-refractivity contribution in [1.82, 2.24) is 5.32 Å². The summed E-state index contributed by atoms with van der Waals surface area (Å²) in [6.45, 7) is 3.26. The number of nitrogens with one attached hydrogen (secondary N) is 2. The molecule has 2 atom stereocenters. The number of benzene rings is 1. The van der Waals surface area contributed by atoms with Gasteiger partial charge in [0.25, 0.3) is 5.91 Å². The Hall–Kier alpha value is -1.34. The van der Waals surface area contributed by atoms with E-state index in [9.17, 15) is 4.79 Å². The molecular formula is C16H23ClN2O4. The summed E-state index contributed by atoms with van der Waals surface area (Å²) in [5, 5.41) is 6.00. The van der Waals surface area contributed by atoms with Crippen LogP contribution in [0.1, 0.15) is 12.8 Å². The summed E-state index contributed by atoms with van der Waals surface area (Å²) in [5.74, 6) is 0.597. The van der Waals surface area contributed by atoms with Gasteiger partial charge in [0.05, 0.1) is 12.7 Å². The molecule has 2 aliphatic rings. The zero-order valence-electron chi connectivity index (χ0n) is 13.0. The van der Waals surface area contributed by atoms with Crippen LogP contribution in [0.5, 0.6) is 5.75 Å². The Bertz CT molecular complexity index is 503. The van der Waals surface area contributed by atoms with Crippen LogP contribution in [0.4, 0.5) is 5.69 Å². The zero-order valence-corrected chi connectivity index (χ0v) is 13.8. The molecule has 2 aliphatic heterocycles. The minimum absolute atomic E-state index is 0. The van der Waals surface area contributed by atoms with Gasteiger partial charge in [-0.3, -0.25) is 4.79 Å². The molecule has 0 radical (unpaired) electrons. The van der Waals surface area contributed by atoms with E-state index < -0.39 is 6.10 Å². The number of carbonyl (C=O) groups excluding carboxylic acids is 1. The third-order valence-corrected chi connectivity index (χ3v) is 3.78. The largest absolute Gasteiger partial charge is 0.491 e. The Morgan fingerprint density at radius 1 is 1.35 bits per heavy atom. The minimum atomic E-state index is -0.440. The van der Waals surface area contributed by atoms with Crippen molar-refractivity contribution < 1.29 is 19.0 Å². The molecular weight excluding hydrogens is 320 g/mol. The Morgan fingerprint density at radius 3 is 3.00 bits per heavy atom. The molecule has 2 heterocycles. The van der Waals surface area contributed by atoms with Crippen LogP contribution in [-0.2, 0) is 14.3 Å². The molecule has 1 aromatic carbocycles. The van der Waals surface area contributed by atoms with Gasteiger partial charge in [0.1, 0.15) is 18.5 Å². The summed E-state index contributed by atoms with van der Waals surface area (Å²) in [6, 6.07) is 7.40. The summed E-state index contributed by atoms with van der Waals surface area (Å²) < 4.78 is 16.7. The van der Waals surface area contributed by atoms with Crippen molar-refractivity contribution in [1.29, 1.82) is 0 Å². The number of halogens is 1. The van der Waals surface area contributed by atoms with Gasteiger partial charge in [-0.2, -0.15) is 0 Å². The molecule has 0 aromatic heterocycles. The standard InChI is InChI=1S/C16H22N2O4.ClH/c19-16(15-10-17-6-8-21-15)18-12-3-1-4-13(9-12)22-11-14-5-2-7-20-14;/h1,3-4,9,14-15,17H,2,5-8,10-11H2,(H,18,19);1H. The summed E-state index contributed by atoms with van der Waals surface area (Å²) in [5.41, 5.74) is 0.712. The second kappa shape index (κ2) is 9.08. The van der Waals surface area contributed by atoms with E-state index >= 15 is 0 Å². The number of hydrogen-bond acceptors (Lipinski definition) is 5. The van der Waals surface area contributed by atoms with Gasteiger partial charge >= 0.3 is 0 Å². The molecule has 0 saturated carbocycles. The molecule has 0 bridgehead atoms. The molecule has 2 saturated heterocycles. The lowest BCUT2D eigenvalue weighted by Gasteiger charge is -2.22. The van der Waals surface area contributed by atoms with Crippen LogP contribution in [-0.4, -0.2) is 51.0 Å². The smallest absolute Gasteiger partial charge is 0.254 e. The molecule has 7 heteroatoms. The van der Waals surface area contributed by atoms with Gasteiger partial charge in [-0.1, -0.05) is 6.07 Å². The monoisotopic (exact) mass is 342 g/mol. The minimum Gasteiger partial charge on any atom is -0.491 e. The molecule has 1 amide bonds. The van der Waals surface area contributed by atoms with E-state index in [4.69, 9.17) is 14.2 Å².